The first kappa shape index (κ1) is 15.5. The molecule has 1 aromatic heterocycles. The molecular formula is C19H17NO5. The second-order valence-electron chi connectivity index (χ2n) is 5.96. The SMILES string of the molecule is COc1cc(/C=C2\CCc3[nH]c(=O)ccc3C2=O)cc2c1OCCO2. The van der Waals surface area contributed by atoms with E-state index in [2.05, 4.69) is 4.98 Å². The van der Waals surface area contributed by atoms with Crippen LogP contribution in [0.3, 0.4) is 0 Å². The number of H-pyrrole nitrogens is 1. The monoisotopic (exact) mass is 339 g/mol. The van der Waals surface area contributed by atoms with Crippen LogP contribution in [-0.2, 0) is 6.42 Å². The van der Waals surface area contributed by atoms with Crippen molar-refractivity contribution in [1.82, 2.24) is 4.98 Å². The molecule has 1 aliphatic carbocycles. The van der Waals surface area contributed by atoms with E-state index >= 15 is 0 Å². The summed E-state index contributed by atoms with van der Waals surface area (Å²) in [6.45, 7) is 0.965. The number of nitrogens with one attached hydrogen (secondary N) is 1. The predicted octanol–water partition coefficient (Wildman–Crippen LogP) is 2.37. The second-order valence-corrected chi connectivity index (χ2v) is 5.96. The smallest absolute Gasteiger partial charge is 0.248 e. The number of aromatic nitrogens is 1. The Labute approximate surface area is 144 Å². The van der Waals surface area contributed by atoms with Gasteiger partial charge >= 0.3 is 0 Å². The number of carbonyl (C=O) groups is 1. The van der Waals surface area contributed by atoms with E-state index in [0.717, 1.165) is 5.56 Å². The molecule has 0 saturated carbocycles. The van der Waals surface area contributed by atoms with Gasteiger partial charge in [-0.25, -0.2) is 0 Å². The molecular weight excluding hydrogens is 322 g/mol. The van der Waals surface area contributed by atoms with Crippen LogP contribution in [0.25, 0.3) is 6.08 Å². The molecule has 0 atom stereocenters. The van der Waals surface area contributed by atoms with E-state index in [1.807, 2.05) is 18.2 Å². The topological polar surface area (TPSA) is 77.6 Å². The third-order valence-electron chi connectivity index (χ3n) is 4.37. The first-order valence-corrected chi connectivity index (χ1v) is 8.11. The number of methoxy groups -OCH3 is 1. The zero-order valence-electron chi connectivity index (χ0n) is 13.8. The number of carbonyl (C=O) groups excluding carboxylic acids is 1. The number of allylic oxidation sites excluding steroid dienone is 1. The average Bonchev–Trinajstić information content (AvgIpc) is 2.63. The third-order valence-corrected chi connectivity index (χ3v) is 4.37. The van der Waals surface area contributed by atoms with Crippen molar-refractivity contribution in [3.63, 3.8) is 0 Å². The minimum Gasteiger partial charge on any atom is -0.493 e. The van der Waals surface area contributed by atoms with Crippen molar-refractivity contribution in [2.45, 2.75) is 12.8 Å². The zero-order chi connectivity index (χ0) is 17.4. The number of hydrogen-bond donors (Lipinski definition) is 1. The Kier molecular flexibility index (Phi) is 3.80. The number of Topliss-reactive ketones (excluding diaryl/α,β-unsaturated/α-hetero) is 1. The van der Waals surface area contributed by atoms with Crippen molar-refractivity contribution < 1.29 is 19.0 Å². The summed E-state index contributed by atoms with van der Waals surface area (Å²) >= 11 is 0. The molecule has 1 aliphatic heterocycles. The summed E-state index contributed by atoms with van der Waals surface area (Å²) in [5.41, 5.74) is 2.59. The number of pyridine rings is 1. The molecule has 4 rings (SSSR count). The number of benzene rings is 1. The maximum Gasteiger partial charge on any atom is 0.248 e. The minimum atomic E-state index is -0.185. The van der Waals surface area contributed by atoms with Crippen LogP contribution in [0.1, 0.15) is 28.0 Å². The normalized spacial score (nSPS) is 17.3. The van der Waals surface area contributed by atoms with Gasteiger partial charge in [-0.1, -0.05) is 0 Å². The second kappa shape index (κ2) is 6.12. The van der Waals surface area contributed by atoms with E-state index in [9.17, 15) is 9.59 Å². The summed E-state index contributed by atoms with van der Waals surface area (Å²) < 4.78 is 16.6. The Morgan fingerprint density at radius 1 is 1.12 bits per heavy atom. The van der Waals surface area contributed by atoms with Crippen molar-refractivity contribution in [2.75, 3.05) is 20.3 Å². The highest BCUT2D eigenvalue weighted by Crippen LogP contribution is 2.41. The van der Waals surface area contributed by atoms with Gasteiger partial charge in [-0.3, -0.25) is 9.59 Å². The lowest BCUT2D eigenvalue weighted by Gasteiger charge is -2.21. The van der Waals surface area contributed by atoms with Crippen LogP contribution in [0.15, 0.2) is 34.6 Å². The number of aryl methyl sites for hydroxylation is 1. The number of ketones is 1. The Morgan fingerprint density at radius 2 is 1.96 bits per heavy atom. The van der Waals surface area contributed by atoms with Gasteiger partial charge in [-0.15, -0.1) is 0 Å². The molecule has 0 spiro atoms. The third kappa shape index (κ3) is 2.80. The Balaban J connectivity index is 1.73. The molecule has 2 heterocycles. The fourth-order valence-corrected chi connectivity index (χ4v) is 3.19. The molecule has 0 unspecified atom stereocenters. The summed E-state index contributed by atoms with van der Waals surface area (Å²) in [6.07, 6.45) is 3.05. The lowest BCUT2D eigenvalue weighted by Crippen LogP contribution is -2.20. The van der Waals surface area contributed by atoms with Crippen LogP contribution in [0, 0.1) is 0 Å². The van der Waals surface area contributed by atoms with Crippen LogP contribution < -0.4 is 19.8 Å². The fraction of sp³-hybridized carbons (Fsp3) is 0.263. The largest absolute Gasteiger partial charge is 0.493 e. The Hall–Kier alpha value is -3.02. The van der Waals surface area contributed by atoms with Crippen LogP contribution >= 0.6 is 0 Å². The summed E-state index contributed by atoms with van der Waals surface area (Å²) in [7, 11) is 1.57. The van der Waals surface area contributed by atoms with Gasteiger partial charge in [0.15, 0.2) is 17.3 Å². The highest BCUT2D eigenvalue weighted by Gasteiger charge is 2.23. The van der Waals surface area contributed by atoms with Gasteiger partial charge in [-0.2, -0.15) is 0 Å². The van der Waals surface area contributed by atoms with Crippen molar-refractivity contribution >= 4 is 11.9 Å². The minimum absolute atomic E-state index is 0.0636. The molecule has 25 heavy (non-hydrogen) atoms. The van der Waals surface area contributed by atoms with Crippen molar-refractivity contribution in [3.05, 3.63) is 57.0 Å². The molecule has 1 aromatic carbocycles. The maximum absolute atomic E-state index is 12.7. The van der Waals surface area contributed by atoms with Crippen molar-refractivity contribution in [2.24, 2.45) is 0 Å². The molecule has 2 aromatic rings. The fourth-order valence-electron chi connectivity index (χ4n) is 3.19. The first-order chi connectivity index (χ1) is 12.2. The summed E-state index contributed by atoms with van der Waals surface area (Å²) in [5, 5.41) is 0. The number of fused-ring (bicyclic) bond motifs is 2. The van der Waals surface area contributed by atoms with Gasteiger partial charge in [0, 0.05) is 22.9 Å². The van der Waals surface area contributed by atoms with Gasteiger partial charge < -0.3 is 19.2 Å². The Morgan fingerprint density at radius 3 is 2.80 bits per heavy atom. The van der Waals surface area contributed by atoms with Gasteiger partial charge in [0.1, 0.15) is 13.2 Å². The quantitative estimate of drug-likeness (QED) is 0.850. The lowest BCUT2D eigenvalue weighted by atomic mass is 9.89. The number of rotatable bonds is 2. The van der Waals surface area contributed by atoms with E-state index in [1.165, 1.54) is 6.07 Å². The van der Waals surface area contributed by atoms with Gasteiger partial charge in [-0.05, 0) is 42.7 Å². The molecule has 1 N–H and O–H groups in total. The molecule has 0 amide bonds. The highest BCUT2D eigenvalue weighted by molar-refractivity contribution is 6.12. The van der Waals surface area contributed by atoms with Crippen LogP contribution in [0.5, 0.6) is 17.2 Å². The first-order valence-electron chi connectivity index (χ1n) is 8.11. The van der Waals surface area contributed by atoms with E-state index in [-0.39, 0.29) is 11.3 Å². The summed E-state index contributed by atoms with van der Waals surface area (Å²) in [4.78, 5) is 26.8. The molecule has 6 heteroatoms. The van der Waals surface area contributed by atoms with E-state index < -0.39 is 0 Å². The molecule has 0 fully saturated rings. The van der Waals surface area contributed by atoms with Gasteiger partial charge in [0.2, 0.25) is 11.3 Å². The average molecular weight is 339 g/mol. The summed E-state index contributed by atoms with van der Waals surface area (Å²) in [6, 6.07) is 6.65. The maximum atomic E-state index is 12.7. The van der Waals surface area contributed by atoms with Gasteiger partial charge in [0.05, 0.1) is 7.11 Å². The van der Waals surface area contributed by atoms with E-state index in [1.54, 1.807) is 13.2 Å². The van der Waals surface area contributed by atoms with Gasteiger partial charge in [0.25, 0.3) is 0 Å². The zero-order valence-corrected chi connectivity index (χ0v) is 13.8. The van der Waals surface area contributed by atoms with Crippen molar-refractivity contribution in [3.8, 4) is 17.2 Å². The van der Waals surface area contributed by atoms with Crippen molar-refractivity contribution in [1.29, 1.82) is 0 Å². The molecule has 0 bridgehead atoms. The number of ether oxygens (including phenoxy) is 3. The Bertz CT molecular complexity index is 924. The molecule has 0 saturated heterocycles. The molecule has 128 valence electrons. The number of hydrogen-bond acceptors (Lipinski definition) is 5. The lowest BCUT2D eigenvalue weighted by molar-refractivity contribution is 0.102. The van der Waals surface area contributed by atoms with Crippen LogP contribution in [0.4, 0.5) is 0 Å². The molecule has 0 radical (unpaired) electrons. The summed E-state index contributed by atoms with van der Waals surface area (Å²) in [5.74, 6) is 1.72. The van der Waals surface area contributed by atoms with Crippen LogP contribution in [0.2, 0.25) is 0 Å². The predicted molar refractivity (Wildman–Crippen MR) is 91.7 cm³/mol. The highest BCUT2D eigenvalue weighted by atomic mass is 16.6. The van der Waals surface area contributed by atoms with E-state index in [0.29, 0.717) is 60.1 Å². The van der Waals surface area contributed by atoms with E-state index in [4.69, 9.17) is 14.2 Å². The molecule has 6 nitrogen and oxygen atoms in total. The standard InChI is InChI=1S/C19H17NO5/c1-23-15-9-11(10-16-19(15)25-7-6-24-16)8-12-2-4-14-13(18(12)22)3-5-17(21)20-14/h3,5,8-10H,2,4,6-7H2,1H3,(H,20,21)/b12-8+. The molecule has 2 aliphatic rings. The van der Waals surface area contributed by atoms with Crippen LogP contribution in [-0.4, -0.2) is 31.1 Å². The number of aromatic amines is 1.